The molecule has 0 radical (unpaired) electrons. The summed E-state index contributed by atoms with van der Waals surface area (Å²) >= 11 is 0. The molecule has 0 aliphatic carbocycles. The second kappa shape index (κ2) is 9.28. The first-order chi connectivity index (χ1) is 18.1. The van der Waals surface area contributed by atoms with Gasteiger partial charge in [0.05, 0.1) is 16.0 Å². The van der Waals surface area contributed by atoms with E-state index < -0.39 is 10.0 Å². The summed E-state index contributed by atoms with van der Waals surface area (Å²) in [5.74, 6) is 1.46. The number of aromatic nitrogens is 4. The molecule has 9 nitrogen and oxygen atoms in total. The van der Waals surface area contributed by atoms with Crippen molar-refractivity contribution in [3.63, 3.8) is 0 Å². The normalized spacial score (nSPS) is 14.7. The highest BCUT2D eigenvalue weighted by molar-refractivity contribution is 7.89. The Morgan fingerprint density at radius 1 is 0.838 bits per heavy atom. The fraction of sp³-hybridized carbons (Fsp3) is 0.185. The zero-order valence-electron chi connectivity index (χ0n) is 19.9. The maximum Gasteiger partial charge on any atom is 0.244 e. The maximum atomic E-state index is 13.3. The first-order valence-corrected chi connectivity index (χ1v) is 13.4. The molecule has 0 N–H and O–H groups in total. The second-order valence-electron chi connectivity index (χ2n) is 8.87. The Bertz CT molecular complexity index is 1750. The van der Waals surface area contributed by atoms with E-state index in [0.29, 0.717) is 25.5 Å². The van der Waals surface area contributed by atoms with Crippen molar-refractivity contribution in [1.82, 2.24) is 23.9 Å². The van der Waals surface area contributed by atoms with Crippen LogP contribution in [0.2, 0.25) is 0 Å². The highest BCUT2D eigenvalue weighted by atomic mass is 32.2. The van der Waals surface area contributed by atoms with Crippen molar-refractivity contribution >= 4 is 32.5 Å². The molecule has 5 aromatic rings. The first-order valence-electron chi connectivity index (χ1n) is 12.0. The van der Waals surface area contributed by atoms with Gasteiger partial charge in [0.25, 0.3) is 0 Å². The van der Waals surface area contributed by atoms with Crippen LogP contribution in [-0.4, -0.2) is 58.5 Å². The van der Waals surface area contributed by atoms with Crippen molar-refractivity contribution in [3.8, 4) is 6.07 Å². The van der Waals surface area contributed by atoms with Crippen LogP contribution in [0.1, 0.15) is 17.0 Å². The molecule has 6 rings (SSSR count). The molecule has 0 saturated carbocycles. The number of sulfonamides is 1. The standard InChI is InChI=1S/C27H23N7O2S/c28-19-21-10-4-7-13-24(21)37(35,36)33-16-14-32(15-17-33)27-29-23-12-6-5-11-22(23)26-31-30-25(34(26)27)18-20-8-2-1-3-9-20/h1-13H,14-18H2. The Kier molecular flexibility index (Phi) is 5.79. The number of anilines is 1. The molecule has 184 valence electrons. The van der Waals surface area contributed by atoms with E-state index in [1.54, 1.807) is 12.1 Å². The van der Waals surface area contributed by atoms with Gasteiger partial charge in [0.1, 0.15) is 11.9 Å². The molecule has 0 spiro atoms. The molecule has 2 aromatic heterocycles. The molecule has 0 amide bonds. The number of para-hydroxylation sites is 1. The summed E-state index contributed by atoms with van der Waals surface area (Å²) in [6.45, 7) is 1.43. The number of rotatable bonds is 5. The number of piperazine rings is 1. The van der Waals surface area contributed by atoms with Crippen molar-refractivity contribution in [1.29, 1.82) is 5.26 Å². The molecule has 1 aliphatic heterocycles. The van der Waals surface area contributed by atoms with Gasteiger partial charge in [-0.2, -0.15) is 9.57 Å². The molecule has 1 saturated heterocycles. The van der Waals surface area contributed by atoms with Crippen molar-refractivity contribution in [2.24, 2.45) is 0 Å². The van der Waals surface area contributed by atoms with Crippen molar-refractivity contribution < 1.29 is 8.42 Å². The minimum atomic E-state index is -3.79. The molecule has 37 heavy (non-hydrogen) atoms. The second-order valence-corrected chi connectivity index (χ2v) is 10.8. The van der Waals surface area contributed by atoms with E-state index >= 15 is 0 Å². The van der Waals surface area contributed by atoms with E-state index in [9.17, 15) is 13.7 Å². The summed E-state index contributed by atoms with van der Waals surface area (Å²) in [5.41, 5.74) is 2.80. The Labute approximate surface area is 214 Å². The van der Waals surface area contributed by atoms with Crippen LogP contribution in [0.15, 0.2) is 83.8 Å². The van der Waals surface area contributed by atoms with E-state index in [4.69, 9.17) is 4.98 Å². The summed E-state index contributed by atoms with van der Waals surface area (Å²) in [6, 6.07) is 26.2. The highest BCUT2D eigenvalue weighted by Crippen LogP contribution is 2.27. The van der Waals surface area contributed by atoms with Crippen LogP contribution in [0.4, 0.5) is 5.95 Å². The summed E-state index contributed by atoms with van der Waals surface area (Å²) in [5, 5.41) is 19.4. The molecule has 0 bridgehead atoms. The largest absolute Gasteiger partial charge is 0.339 e. The van der Waals surface area contributed by atoms with E-state index in [-0.39, 0.29) is 23.5 Å². The van der Waals surface area contributed by atoms with E-state index in [1.165, 1.54) is 16.4 Å². The Morgan fingerprint density at radius 2 is 1.54 bits per heavy atom. The minimum Gasteiger partial charge on any atom is -0.339 e. The predicted molar refractivity (Wildman–Crippen MR) is 140 cm³/mol. The van der Waals surface area contributed by atoms with Crippen LogP contribution in [0.25, 0.3) is 16.6 Å². The van der Waals surface area contributed by atoms with Crippen molar-refractivity contribution in [2.45, 2.75) is 11.3 Å². The molecule has 1 aliphatic rings. The van der Waals surface area contributed by atoms with Gasteiger partial charge in [-0.25, -0.2) is 17.8 Å². The van der Waals surface area contributed by atoms with Crippen LogP contribution in [-0.2, 0) is 16.4 Å². The van der Waals surface area contributed by atoms with E-state index in [0.717, 1.165) is 27.9 Å². The Balaban J connectivity index is 1.36. The van der Waals surface area contributed by atoms with Crippen LogP contribution in [0.5, 0.6) is 0 Å². The van der Waals surface area contributed by atoms with Gasteiger partial charge in [0.2, 0.25) is 16.0 Å². The van der Waals surface area contributed by atoms with Crippen LogP contribution >= 0.6 is 0 Å². The first kappa shape index (κ1) is 23.1. The van der Waals surface area contributed by atoms with Gasteiger partial charge in [-0.15, -0.1) is 10.2 Å². The SMILES string of the molecule is N#Cc1ccccc1S(=O)(=O)N1CCN(c2nc3ccccc3c3nnc(Cc4ccccc4)n23)CC1. The third-order valence-electron chi connectivity index (χ3n) is 6.65. The van der Waals surface area contributed by atoms with Gasteiger partial charge < -0.3 is 4.90 Å². The smallest absolute Gasteiger partial charge is 0.244 e. The third kappa shape index (κ3) is 4.08. The van der Waals surface area contributed by atoms with Gasteiger partial charge in [-0.3, -0.25) is 0 Å². The summed E-state index contributed by atoms with van der Waals surface area (Å²) < 4.78 is 30.1. The van der Waals surface area contributed by atoms with Gasteiger partial charge in [-0.1, -0.05) is 54.6 Å². The molecule has 10 heteroatoms. The quantitative estimate of drug-likeness (QED) is 0.358. The average Bonchev–Trinajstić information content (AvgIpc) is 3.37. The lowest BCUT2D eigenvalue weighted by molar-refractivity contribution is 0.382. The van der Waals surface area contributed by atoms with Gasteiger partial charge >= 0.3 is 0 Å². The number of nitrogens with zero attached hydrogens (tertiary/aromatic N) is 7. The molecule has 3 aromatic carbocycles. The molecular formula is C27H23N7O2S. The van der Waals surface area contributed by atoms with E-state index in [2.05, 4.69) is 27.2 Å². The third-order valence-corrected chi connectivity index (χ3v) is 8.60. The van der Waals surface area contributed by atoms with Crippen LogP contribution < -0.4 is 4.90 Å². The van der Waals surface area contributed by atoms with Gasteiger partial charge in [-0.05, 0) is 29.8 Å². The lowest BCUT2D eigenvalue weighted by Gasteiger charge is -2.35. The molecule has 1 fully saturated rings. The Hall–Kier alpha value is -4.33. The monoisotopic (exact) mass is 509 g/mol. The van der Waals surface area contributed by atoms with Crippen LogP contribution in [0.3, 0.4) is 0 Å². The zero-order chi connectivity index (χ0) is 25.4. The topological polar surface area (TPSA) is 107 Å². The molecule has 0 unspecified atom stereocenters. The number of nitriles is 1. The zero-order valence-corrected chi connectivity index (χ0v) is 20.7. The lowest BCUT2D eigenvalue weighted by atomic mass is 10.1. The Morgan fingerprint density at radius 3 is 2.32 bits per heavy atom. The lowest BCUT2D eigenvalue weighted by Crippen LogP contribution is -2.49. The van der Waals surface area contributed by atoms with E-state index in [1.807, 2.05) is 52.9 Å². The number of hydrogen-bond donors (Lipinski definition) is 0. The predicted octanol–water partition coefficient (Wildman–Crippen LogP) is 3.25. The fourth-order valence-corrected chi connectivity index (χ4v) is 6.34. The molecule has 3 heterocycles. The fourth-order valence-electron chi connectivity index (χ4n) is 4.78. The summed E-state index contributed by atoms with van der Waals surface area (Å²) in [6.07, 6.45) is 0.592. The number of benzene rings is 3. The minimum absolute atomic E-state index is 0.0427. The van der Waals surface area contributed by atoms with Crippen molar-refractivity contribution in [3.05, 3.63) is 95.8 Å². The summed E-state index contributed by atoms with van der Waals surface area (Å²) in [7, 11) is -3.79. The maximum absolute atomic E-state index is 13.3. The highest BCUT2D eigenvalue weighted by Gasteiger charge is 2.32. The summed E-state index contributed by atoms with van der Waals surface area (Å²) in [4.78, 5) is 7.10. The number of hydrogen-bond acceptors (Lipinski definition) is 7. The average molecular weight is 510 g/mol. The molecular weight excluding hydrogens is 486 g/mol. The van der Waals surface area contributed by atoms with Gasteiger partial charge in [0.15, 0.2) is 5.65 Å². The van der Waals surface area contributed by atoms with Crippen LogP contribution in [0, 0.1) is 11.3 Å². The molecule has 0 atom stereocenters. The van der Waals surface area contributed by atoms with Gasteiger partial charge in [0, 0.05) is 38.0 Å². The van der Waals surface area contributed by atoms with Crippen molar-refractivity contribution in [2.75, 3.05) is 31.1 Å². The number of fused-ring (bicyclic) bond motifs is 3.